The Morgan fingerprint density at radius 1 is 0.811 bits per heavy atom. The van der Waals surface area contributed by atoms with Crippen LogP contribution in [0.4, 0.5) is 46.5 Å². The van der Waals surface area contributed by atoms with Crippen LogP contribution in [0.2, 0.25) is 0 Å². The summed E-state index contributed by atoms with van der Waals surface area (Å²) < 4.78 is 12.0. The average molecular weight is 540 g/mol. The number of benzene rings is 1. The van der Waals surface area contributed by atoms with Crippen LogP contribution in [0.5, 0.6) is 0 Å². The molecule has 0 spiro atoms. The smallest absolute Gasteiger partial charge is 0.250 e. The number of amides is 1. The third-order valence-corrected chi connectivity index (χ3v) is 5.45. The molecule has 0 radical (unpaired) electrons. The van der Waals surface area contributed by atoms with Crippen LogP contribution in [-0.4, -0.2) is 36.2 Å². The first-order valence-electron chi connectivity index (χ1n) is 10.3. The van der Waals surface area contributed by atoms with Crippen LogP contribution >= 0.6 is 23.6 Å². The number of carbonyl (C=O) groups excluding carboxylic acids is 1. The van der Waals surface area contributed by atoms with Gasteiger partial charge >= 0.3 is 0 Å². The minimum atomic E-state index is -0.704. The van der Waals surface area contributed by atoms with Crippen molar-refractivity contribution in [3.8, 4) is 0 Å². The summed E-state index contributed by atoms with van der Waals surface area (Å²) in [6.45, 7) is 0. The monoisotopic (exact) mass is 539 g/mol. The second-order valence-corrected chi connectivity index (χ2v) is 7.80. The molecule has 4 N–H and O–H groups in total. The van der Waals surface area contributed by atoms with E-state index in [0.717, 1.165) is 4.42 Å². The van der Waals surface area contributed by atoms with Crippen molar-refractivity contribution in [2.24, 2.45) is 5.73 Å². The van der Waals surface area contributed by atoms with Crippen LogP contribution in [0.15, 0.2) is 76.4 Å². The average Bonchev–Trinajstić information content (AvgIpc) is 3.62. The second-order valence-electron chi connectivity index (χ2n) is 7.12. The number of aromatic nitrogens is 6. The molecule has 0 atom stereocenters. The molecule has 1 aromatic carbocycles. The summed E-state index contributed by atoms with van der Waals surface area (Å²) >= 11 is 13.2. The number of nitrogens with one attached hydrogen (secondary N) is 2. The van der Waals surface area contributed by atoms with Gasteiger partial charge in [0.1, 0.15) is 12.5 Å². The van der Waals surface area contributed by atoms with E-state index in [2.05, 4.69) is 40.9 Å². The van der Waals surface area contributed by atoms with Gasteiger partial charge in [-0.1, -0.05) is 10.3 Å². The third kappa shape index (κ3) is 5.34. The molecule has 0 aliphatic carbocycles. The van der Waals surface area contributed by atoms with E-state index in [9.17, 15) is 4.79 Å². The summed E-state index contributed by atoms with van der Waals surface area (Å²) in [7, 11) is 0. The standard InChI is InChI=1S/C21H15Cl2N11O3/c22-33(17-3-7-25-20(29-17)27-15-5-9-36-31-15)12-1-2-13(19(24)35)14(11-12)34(23)18-4-8-26-21(30-18)28-16-6-10-37-32-16/h1-11H,(H2,24,35)(H,25,27,29,31)(H,26,28,30,32). The van der Waals surface area contributed by atoms with Gasteiger partial charge in [-0.25, -0.2) is 18.8 Å². The van der Waals surface area contributed by atoms with Crippen molar-refractivity contribution in [2.45, 2.75) is 0 Å². The lowest BCUT2D eigenvalue weighted by atomic mass is 10.1. The van der Waals surface area contributed by atoms with Crippen LogP contribution < -0.4 is 25.2 Å². The van der Waals surface area contributed by atoms with E-state index in [0.29, 0.717) is 23.1 Å². The zero-order chi connectivity index (χ0) is 25.8. The molecule has 4 aromatic heterocycles. The number of hydrogen-bond donors (Lipinski definition) is 3. The highest BCUT2D eigenvalue weighted by Gasteiger charge is 2.20. The molecule has 4 heterocycles. The first-order chi connectivity index (χ1) is 18.0. The maximum absolute atomic E-state index is 12.2. The van der Waals surface area contributed by atoms with E-state index < -0.39 is 5.91 Å². The lowest BCUT2D eigenvalue weighted by Gasteiger charge is -2.21. The Balaban J connectivity index is 1.44. The summed E-state index contributed by atoms with van der Waals surface area (Å²) in [4.78, 5) is 29.2. The second kappa shape index (κ2) is 10.3. The van der Waals surface area contributed by atoms with Crippen molar-refractivity contribution in [3.05, 3.63) is 72.9 Å². The molecule has 0 unspecified atom stereocenters. The fraction of sp³-hybridized carbons (Fsp3) is 0. The van der Waals surface area contributed by atoms with E-state index in [1.54, 1.807) is 36.4 Å². The van der Waals surface area contributed by atoms with Gasteiger partial charge in [-0.05, 0) is 18.2 Å². The number of hydrogen-bond acceptors (Lipinski definition) is 13. The van der Waals surface area contributed by atoms with Crippen molar-refractivity contribution >= 4 is 76.0 Å². The SMILES string of the molecule is NC(=O)c1ccc(N(Cl)c2ccnc(Nc3ccon3)n2)cc1N(Cl)c1ccnc(Nc2ccon2)n1. The summed E-state index contributed by atoms with van der Waals surface area (Å²) in [6.07, 6.45) is 5.79. The van der Waals surface area contributed by atoms with Gasteiger partial charge in [-0.3, -0.25) is 4.79 Å². The first kappa shape index (κ1) is 23.8. The van der Waals surface area contributed by atoms with Crippen molar-refractivity contribution in [1.29, 1.82) is 0 Å². The summed E-state index contributed by atoms with van der Waals surface area (Å²) in [6, 6.07) is 11.0. The Labute approximate surface area is 218 Å². The number of nitrogens with two attached hydrogens (primary N) is 1. The molecule has 1 amide bonds. The predicted octanol–water partition coefficient (Wildman–Crippen LogP) is 4.41. The van der Waals surface area contributed by atoms with Gasteiger partial charge in [0.2, 0.25) is 11.9 Å². The quantitative estimate of drug-likeness (QED) is 0.224. The normalized spacial score (nSPS) is 10.6. The van der Waals surface area contributed by atoms with E-state index >= 15 is 0 Å². The van der Waals surface area contributed by atoms with Gasteiger partial charge in [-0.2, -0.15) is 9.97 Å². The molecule has 0 saturated carbocycles. The van der Waals surface area contributed by atoms with E-state index in [1.165, 1.54) is 35.4 Å². The molecule has 0 aliphatic rings. The highest BCUT2D eigenvalue weighted by atomic mass is 35.5. The van der Waals surface area contributed by atoms with Gasteiger partial charge in [0, 0.05) is 60.2 Å². The van der Waals surface area contributed by atoms with Crippen LogP contribution in [0.1, 0.15) is 10.4 Å². The molecular formula is C21H15Cl2N11O3. The third-order valence-electron chi connectivity index (χ3n) is 4.72. The van der Waals surface area contributed by atoms with Crippen LogP contribution in [0, 0.1) is 0 Å². The molecule has 37 heavy (non-hydrogen) atoms. The molecule has 186 valence electrons. The minimum absolute atomic E-state index is 0.129. The highest BCUT2D eigenvalue weighted by Crippen LogP contribution is 2.36. The Bertz CT molecular complexity index is 1520. The van der Waals surface area contributed by atoms with Crippen LogP contribution in [0.25, 0.3) is 0 Å². The Morgan fingerprint density at radius 2 is 1.38 bits per heavy atom. The number of halogens is 2. The van der Waals surface area contributed by atoms with E-state index in [1.807, 2.05) is 0 Å². The van der Waals surface area contributed by atoms with E-state index in [-0.39, 0.29) is 29.0 Å². The minimum Gasteiger partial charge on any atom is -0.366 e. The van der Waals surface area contributed by atoms with Gasteiger partial charge in [0.15, 0.2) is 23.3 Å². The summed E-state index contributed by atoms with van der Waals surface area (Å²) in [5.74, 6) is 1.11. The number of primary amides is 1. The maximum Gasteiger partial charge on any atom is 0.250 e. The number of rotatable bonds is 9. The number of anilines is 8. The molecular weight excluding hydrogens is 525 g/mol. The zero-order valence-corrected chi connectivity index (χ0v) is 20.0. The molecule has 0 aliphatic heterocycles. The molecule has 16 heteroatoms. The molecule has 0 saturated heterocycles. The summed E-state index contributed by atoms with van der Waals surface area (Å²) in [5.41, 5.74) is 6.37. The van der Waals surface area contributed by atoms with Crippen LogP contribution in [-0.2, 0) is 0 Å². The van der Waals surface area contributed by atoms with E-state index in [4.69, 9.17) is 38.3 Å². The zero-order valence-electron chi connectivity index (χ0n) is 18.5. The predicted molar refractivity (Wildman–Crippen MR) is 135 cm³/mol. The van der Waals surface area contributed by atoms with Crippen molar-refractivity contribution in [1.82, 2.24) is 30.2 Å². The van der Waals surface area contributed by atoms with Crippen molar-refractivity contribution in [3.63, 3.8) is 0 Å². The Morgan fingerprint density at radius 3 is 1.89 bits per heavy atom. The molecule has 14 nitrogen and oxygen atoms in total. The fourth-order valence-electron chi connectivity index (χ4n) is 3.09. The van der Waals surface area contributed by atoms with Gasteiger partial charge < -0.3 is 25.4 Å². The first-order valence-corrected chi connectivity index (χ1v) is 11.0. The number of nitrogens with zero attached hydrogens (tertiary/aromatic N) is 8. The fourth-order valence-corrected chi connectivity index (χ4v) is 3.52. The largest absolute Gasteiger partial charge is 0.366 e. The van der Waals surface area contributed by atoms with Crippen molar-refractivity contribution < 1.29 is 13.8 Å². The Hall–Kier alpha value is -4.95. The molecule has 5 aromatic rings. The molecule has 0 bridgehead atoms. The highest BCUT2D eigenvalue weighted by molar-refractivity contribution is 6.31. The molecule has 0 fully saturated rings. The van der Waals surface area contributed by atoms with Crippen LogP contribution in [0.3, 0.4) is 0 Å². The molecule has 5 rings (SSSR count). The number of carbonyl (C=O) groups is 1. The van der Waals surface area contributed by atoms with Gasteiger partial charge in [0.05, 0.1) is 16.9 Å². The van der Waals surface area contributed by atoms with Gasteiger partial charge in [-0.15, -0.1) is 0 Å². The summed E-state index contributed by atoms with van der Waals surface area (Å²) in [5, 5.41) is 13.3. The Kier molecular flexibility index (Phi) is 6.65. The lowest BCUT2D eigenvalue weighted by Crippen LogP contribution is -2.17. The van der Waals surface area contributed by atoms with Gasteiger partial charge in [0.25, 0.3) is 5.91 Å². The lowest BCUT2D eigenvalue weighted by molar-refractivity contribution is 0.100. The maximum atomic E-state index is 12.2. The van der Waals surface area contributed by atoms with Crippen molar-refractivity contribution in [2.75, 3.05) is 19.5 Å². The topological polar surface area (TPSA) is 177 Å².